The molecule has 0 unspecified atom stereocenters. The molecule has 0 aliphatic carbocycles. The first-order chi connectivity index (χ1) is 8.65. The van der Waals surface area contributed by atoms with E-state index in [0.717, 1.165) is 5.56 Å². The fourth-order valence-corrected chi connectivity index (χ4v) is 2.36. The van der Waals surface area contributed by atoms with Crippen LogP contribution in [0.4, 0.5) is 8.78 Å². The maximum Gasteiger partial charge on any atom is 0.107 e. The number of nitriles is 1. The van der Waals surface area contributed by atoms with Crippen LogP contribution in [0.15, 0.2) is 12.4 Å². The molecule has 6 heteroatoms. The molecule has 1 fully saturated rings. The summed E-state index contributed by atoms with van der Waals surface area (Å²) in [4.78, 5) is 1.73. The lowest BCUT2D eigenvalue weighted by Gasteiger charge is -2.51. The van der Waals surface area contributed by atoms with E-state index in [1.54, 1.807) is 15.8 Å². The molecule has 0 bridgehead atoms. The molecule has 1 aromatic rings. The third-order valence-corrected chi connectivity index (χ3v) is 3.47. The molecule has 0 atom stereocenters. The molecule has 4 nitrogen and oxygen atoms in total. The number of aromatic nitrogens is 2. The van der Waals surface area contributed by atoms with Crippen LogP contribution in [0.3, 0.4) is 0 Å². The fraction of sp³-hybridized carbons (Fsp3) is 0.667. The van der Waals surface area contributed by atoms with Gasteiger partial charge in [0, 0.05) is 19.3 Å². The normalized spacial score (nSPS) is 18.6. The summed E-state index contributed by atoms with van der Waals surface area (Å²) in [6.45, 7) is 1.47. The average Bonchev–Trinajstić information content (AvgIpc) is 2.74. The Morgan fingerprint density at radius 3 is 2.61 bits per heavy atom. The first-order valence-corrected chi connectivity index (χ1v) is 5.90. The summed E-state index contributed by atoms with van der Waals surface area (Å²) < 4.78 is 27.0. The lowest BCUT2D eigenvalue weighted by molar-refractivity contribution is -0.0384. The van der Waals surface area contributed by atoms with Crippen LogP contribution in [-0.4, -0.2) is 47.2 Å². The van der Waals surface area contributed by atoms with Crippen molar-refractivity contribution in [3.05, 3.63) is 18.0 Å². The standard InChI is InChI=1S/C12H16F2N4/c1-10-6-16-18(7-10)12(2-3-15)8-17(9-12)11(4-13)5-14/h6-7,11H,2,4-5,8-9H2,1H3. The molecule has 1 aliphatic heterocycles. The van der Waals surface area contributed by atoms with Gasteiger partial charge in [-0.3, -0.25) is 9.58 Å². The van der Waals surface area contributed by atoms with Crippen molar-refractivity contribution in [2.75, 3.05) is 26.4 Å². The number of rotatable bonds is 5. The lowest BCUT2D eigenvalue weighted by Crippen LogP contribution is -2.66. The highest BCUT2D eigenvalue weighted by Gasteiger charge is 2.47. The smallest absolute Gasteiger partial charge is 0.107 e. The van der Waals surface area contributed by atoms with Crippen LogP contribution >= 0.6 is 0 Å². The highest BCUT2D eigenvalue weighted by Crippen LogP contribution is 2.33. The van der Waals surface area contributed by atoms with Crippen LogP contribution in [0.1, 0.15) is 12.0 Å². The van der Waals surface area contributed by atoms with Crippen LogP contribution in [0, 0.1) is 18.3 Å². The molecule has 0 saturated carbocycles. The van der Waals surface area contributed by atoms with E-state index in [1.807, 2.05) is 13.1 Å². The Morgan fingerprint density at radius 2 is 2.17 bits per heavy atom. The van der Waals surface area contributed by atoms with Crippen molar-refractivity contribution in [1.29, 1.82) is 5.26 Å². The van der Waals surface area contributed by atoms with Gasteiger partial charge in [-0.15, -0.1) is 0 Å². The Bertz CT molecular complexity index is 441. The average molecular weight is 254 g/mol. The molecule has 0 aromatic carbocycles. The molecule has 18 heavy (non-hydrogen) atoms. The van der Waals surface area contributed by atoms with Gasteiger partial charge in [0.25, 0.3) is 0 Å². The number of aryl methyl sites for hydroxylation is 1. The molecule has 1 aromatic heterocycles. The number of alkyl halides is 2. The summed E-state index contributed by atoms with van der Waals surface area (Å²) in [7, 11) is 0. The molecular formula is C12H16F2N4. The monoisotopic (exact) mass is 254 g/mol. The van der Waals surface area contributed by atoms with E-state index in [4.69, 9.17) is 5.26 Å². The summed E-state index contributed by atoms with van der Waals surface area (Å²) in [5.74, 6) is 0. The van der Waals surface area contributed by atoms with Crippen LogP contribution in [-0.2, 0) is 5.54 Å². The van der Waals surface area contributed by atoms with E-state index < -0.39 is 24.9 Å². The third kappa shape index (κ3) is 2.10. The van der Waals surface area contributed by atoms with E-state index in [2.05, 4.69) is 11.2 Å². The molecule has 0 N–H and O–H groups in total. The summed E-state index contributed by atoms with van der Waals surface area (Å²) in [5.41, 5.74) is 0.587. The van der Waals surface area contributed by atoms with E-state index >= 15 is 0 Å². The Kier molecular flexibility index (Phi) is 3.62. The minimum absolute atomic E-state index is 0.301. The molecule has 0 spiro atoms. The van der Waals surface area contributed by atoms with Crippen LogP contribution in [0.5, 0.6) is 0 Å². The zero-order valence-corrected chi connectivity index (χ0v) is 10.3. The number of halogens is 2. The summed E-state index contributed by atoms with van der Waals surface area (Å²) in [5, 5.41) is 13.1. The van der Waals surface area contributed by atoms with Gasteiger partial charge in [0.05, 0.1) is 24.7 Å². The van der Waals surface area contributed by atoms with Gasteiger partial charge in [-0.25, -0.2) is 8.78 Å². The number of nitrogens with zero attached hydrogens (tertiary/aromatic N) is 4. The van der Waals surface area contributed by atoms with Gasteiger partial charge in [0.1, 0.15) is 18.9 Å². The zero-order chi connectivity index (χ0) is 13.2. The second-order valence-corrected chi connectivity index (χ2v) is 4.89. The molecule has 1 aliphatic rings. The Balaban J connectivity index is 2.12. The van der Waals surface area contributed by atoms with E-state index in [0.29, 0.717) is 19.5 Å². The van der Waals surface area contributed by atoms with Crippen molar-refractivity contribution in [2.45, 2.75) is 24.9 Å². The summed E-state index contributed by atoms with van der Waals surface area (Å²) >= 11 is 0. The van der Waals surface area contributed by atoms with Crippen LogP contribution in [0.2, 0.25) is 0 Å². The zero-order valence-electron chi connectivity index (χ0n) is 10.3. The predicted molar refractivity (Wildman–Crippen MR) is 62.5 cm³/mol. The molecule has 2 rings (SSSR count). The topological polar surface area (TPSA) is 44.9 Å². The van der Waals surface area contributed by atoms with Gasteiger partial charge in [0.2, 0.25) is 0 Å². The highest BCUT2D eigenvalue weighted by atomic mass is 19.1. The molecule has 0 amide bonds. The minimum Gasteiger partial charge on any atom is -0.290 e. The van der Waals surface area contributed by atoms with Crippen LogP contribution < -0.4 is 0 Å². The predicted octanol–water partition coefficient (Wildman–Crippen LogP) is 1.42. The quantitative estimate of drug-likeness (QED) is 0.798. The van der Waals surface area contributed by atoms with Crippen molar-refractivity contribution in [3.63, 3.8) is 0 Å². The van der Waals surface area contributed by atoms with E-state index in [-0.39, 0.29) is 0 Å². The molecule has 2 heterocycles. The SMILES string of the molecule is Cc1cnn(C2(CC#N)CN(C(CF)CF)C2)c1. The van der Waals surface area contributed by atoms with Gasteiger partial charge < -0.3 is 0 Å². The number of hydrogen-bond donors (Lipinski definition) is 0. The maximum absolute atomic E-state index is 12.6. The highest BCUT2D eigenvalue weighted by molar-refractivity contribution is 5.10. The molecule has 98 valence electrons. The van der Waals surface area contributed by atoms with E-state index in [9.17, 15) is 8.78 Å². The Hall–Kier alpha value is -1.48. The second-order valence-electron chi connectivity index (χ2n) is 4.89. The van der Waals surface area contributed by atoms with Gasteiger partial charge in [-0.2, -0.15) is 10.4 Å². The lowest BCUT2D eigenvalue weighted by atomic mass is 9.85. The minimum atomic E-state index is -0.697. The van der Waals surface area contributed by atoms with Gasteiger partial charge >= 0.3 is 0 Å². The summed E-state index contributed by atoms with van der Waals surface area (Å²) in [6, 6.07) is 1.45. The third-order valence-electron chi connectivity index (χ3n) is 3.47. The molecular weight excluding hydrogens is 238 g/mol. The largest absolute Gasteiger partial charge is 0.290 e. The van der Waals surface area contributed by atoms with Gasteiger partial charge in [0.15, 0.2) is 0 Å². The fourth-order valence-electron chi connectivity index (χ4n) is 2.36. The molecule has 0 radical (unpaired) electrons. The maximum atomic E-state index is 12.6. The van der Waals surface area contributed by atoms with Gasteiger partial charge in [-0.1, -0.05) is 0 Å². The van der Waals surface area contributed by atoms with Crippen LogP contribution in [0.25, 0.3) is 0 Å². The first kappa shape index (κ1) is 13.0. The van der Waals surface area contributed by atoms with Crippen molar-refractivity contribution < 1.29 is 8.78 Å². The Morgan fingerprint density at radius 1 is 1.50 bits per heavy atom. The van der Waals surface area contributed by atoms with Crippen molar-refractivity contribution in [3.8, 4) is 6.07 Å². The van der Waals surface area contributed by atoms with Crippen molar-refractivity contribution in [1.82, 2.24) is 14.7 Å². The van der Waals surface area contributed by atoms with E-state index in [1.165, 1.54) is 0 Å². The van der Waals surface area contributed by atoms with Crippen molar-refractivity contribution >= 4 is 0 Å². The number of likely N-dealkylation sites (tertiary alicyclic amines) is 1. The summed E-state index contributed by atoms with van der Waals surface area (Å²) in [6.07, 6.45) is 3.90. The Labute approximate surface area is 105 Å². The second kappa shape index (κ2) is 5.02. The van der Waals surface area contributed by atoms with Crippen molar-refractivity contribution in [2.24, 2.45) is 0 Å². The first-order valence-electron chi connectivity index (χ1n) is 5.90. The molecule has 1 saturated heterocycles. The number of hydrogen-bond acceptors (Lipinski definition) is 3. The van der Waals surface area contributed by atoms with Gasteiger partial charge in [-0.05, 0) is 12.5 Å².